The summed E-state index contributed by atoms with van der Waals surface area (Å²) in [6, 6.07) is 11.7. The lowest BCUT2D eigenvalue weighted by Gasteiger charge is -2.19. The number of benzene rings is 2. The molecule has 0 aliphatic heterocycles. The number of rotatable bonds is 4. The maximum absolute atomic E-state index is 12.5. The third-order valence-electron chi connectivity index (χ3n) is 4.92. The van der Waals surface area contributed by atoms with Crippen molar-refractivity contribution in [3.05, 3.63) is 62.2 Å². The fourth-order valence-corrected chi connectivity index (χ4v) is 4.90. The Labute approximate surface area is 197 Å². The summed E-state index contributed by atoms with van der Waals surface area (Å²) in [5.41, 5.74) is 2.86. The van der Waals surface area contributed by atoms with E-state index in [9.17, 15) is 9.59 Å². The zero-order valence-electron chi connectivity index (χ0n) is 18.2. The van der Waals surface area contributed by atoms with Gasteiger partial charge in [0.25, 0.3) is 5.56 Å². The average Bonchev–Trinajstić information content (AvgIpc) is 3.23. The number of hydrogen-bond acceptors (Lipinski definition) is 5. The van der Waals surface area contributed by atoms with E-state index < -0.39 is 11.7 Å². The number of carbonyl (C=O) groups excluding carboxylic acids is 1. The number of carbonyl (C=O) groups is 1. The molecule has 0 saturated heterocycles. The molecule has 1 amide bonds. The SMILES string of the molecule is COc1cc(Br)c2[nH]c(=O)c3sccc3c2c1-c1ccc(CNC(=O)OC(C)(C)C)cc1. The molecule has 2 aromatic heterocycles. The molecule has 166 valence electrons. The molecule has 8 heteroatoms. The third kappa shape index (κ3) is 4.38. The van der Waals surface area contributed by atoms with E-state index in [-0.39, 0.29) is 5.56 Å². The summed E-state index contributed by atoms with van der Waals surface area (Å²) in [5.74, 6) is 0.698. The minimum atomic E-state index is -0.541. The summed E-state index contributed by atoms with van der Waals surface area (Å²) in [7, 11) is 1.63. The van der Waals surface area contributed by atoms with Crippen LogP contribution in [0.2, 0.25) is 0 Å². The van der Waals surface area contributed by atoms with Crippen LogP contribution in [0.3, 0.4) is 0 Å². The Balaban J connectivity index is 1.75. The van der Waals surface area contributed by atoms with Crippen LogP contribution in [0.1, 0.15) is 26.3 Å². The molecule has 32 heavy (non-hydrogen) atoms. The lowest BCUT2D eigenvalue weighted by Crippen LogP contribution is -2.32. The first-order valence-corrected chi connectivity index (χ1v) is 11.7. The van der Waals surface area contributed by atoms with Crippen molar-refractivity contribution in [1.29, 1.82) is 0 Å². The van der Waals surface area contributed by atoms with E-state index in [1.54, 1.807) is 7.11 Å². The smallest absolute Gasteiger partial charge is 0.407 e. The number of amides is 1. The largest absolute Gasteiger partial charge is 0.496 e. The van der Waals surface area contributed by atoms with Crippen LogP contribution in [0.15, 0.2) is 51.0 Å². The molecule has 0 fully saturated rings. The quantitative estimate of drug-likeness (QED) is 0.339. The number of nitrogens with one attached hydrogen (secondary N) is 2. The van der Waals surface area contributed by atoms with Gasteiger partial charge >= 0.3 is 6.09 Å². The Morgan fingerprint density at radius 3 is 2.56 bits per heavy atom. The molecule has 2 N–H and O–H groups in total. The van der Waals surface area contributed by atoms with Gasteiger partial charge in [-0.05, 0) is 65.3 Å². The van der Waals surface area contributed by atoms with Crippen LogP contribution in [0.4, 0.5) is 4.79 Å². The van der Waals surface area contributed by atoms with E-state index in [2.05, 4.69) is 26.2 Å². The minimum absolute atomic E-state index is 0.108. The number of H-pyrrole nitrogens is 1. The van der Waals surface area contributed by atoms with E-state index in [1.807, 2.05) is 62.5 Å². The molecular weight excluding hydrogens is 492 g/mol. The van der Waals surface area contributed by atoms with Crippen molar-refractivity contribution < 1.29 is 14.3 Å². The second-order valence-electron chi connectivity index (χ2n) is 8.36. The lowest BCUT2D eigenvalue weighted by molar-refractivity contribution is 0.0523. The van der Waals surface area contributed by atoms with Gasteiger partial charge < -0.3 is 19.8 Å². The molecule has 4 rings (SSSR count). The number of aromatic amines is 1. The highest BCUT2D eigenvalue weighted by atomic mass is 79.9. The molecule has 0 unspecified atom stereocenters. The maximum atomic E-state index is 12.5. The number of fused-ring (bicyclic) bond motifs is 3. The zero-order valence-corrected chi connectivity index (χ0v) is 20.6. The number of alkyl carbamates (subject to hydrolysis) is 1. The Bertz CT molecular complexity index is 1370. The van der Waals surface area contributed by atoms with Gasteiger partial charge in [-0.2, -0.15) is 0 Å². The standard InChI is InChI=1S/C24H23BrN2O4S/c1-24(2,3)31-23(29)26-12-13-5-7-14(8-6-13)18-17(30-4)11-16(25)20-19(18)15-9-10-32-21(15)22(28)27-20/h5-11H,12H2,1-4H3,(H,26,29)(H,27,28). The fraction of sp³-hybridized carbons (Fsp3) is 0.250. The van der Waals surface area contributed by atoms with Crippen molar-refractivity contribution in [2.24, 2.45) is 0 Å². The Kier molecular flexibility index (Phi) is 6.01. The van der Waals surface area contributed by atoms with Crippen molar-refractivity contribution >= 4 is 54.3 Å². The van der Waals surface area contributed by atoms with Gasteiger partial charge in [0.1, 0.15) is 16.1 Å². The van der Waals surface area contributed by atoms with Crippen LogP contribution in [0, 0.1) is 0 Å². The predicted molar refractivity (Wildman–Crippen MR) is 133 cm³/mol. The van der Waals surface area contributed by atoms with Gasteiger partial charge in [0.2, 0.25) is 0 Å². The van der Waals surface area contributed by atoms with Gasteiger partial charge in [-0.25, -0.2) is 4.79 Å². The molecule has 0 spiro atoms. The van der Waals surface area contributed by atoms with Crippen LogP contribution in [0.25, 0.3) is 32.1 Å². The summed E-state index contributed by atoms with van der Waals surface area (Å²) in [4.78, 5) is 27.5. The van der Waals surface area contributed by atoms with Crippen LogP contribution in [-0.4, -0.2) is 23.8 Å². The van der Waals surface area contributed by atoms with E-state index >= 15 is 0 Å². The average molecular weight is 515 g/mol. The van der Waals surface area contributed by atoms with E-state index in [1.165, 1.54) is 11.3 Å². The topological polar surface area (TPSA) is 80.4 Å². The number of ether oxygens (including phenoxy) is 2. The molecule has 2 heterocycles. The van der Waals surface area contributed by atoms with Gasteiger partial charge in [-0.15, -0.1) is 11.3 Å². The number of halogens is 1. The molecule has 0 aliphatic carbocycles. The fourth-order valence-electron chi connectivity index (χ4n) is 3.60. The second kappa shape index (κ2) is 8.60. The van der Waals surface area contributed by atoms with Crippen LogP contribution >= 0.6 is 27.3 Å². The number of aromatic nitrogens is 1. The van der Waals surface area contributed by atoms with E-state index in [0.29, 0.717) is 17.0 Å². The molecule has 0 bridgehead atoms. The van der Waals surface area contributed by atoms with Crippen molar-refractivity contribution in [2.45, 2.75) is 32.9 Å². The molecule has 0 saturated carbocycles. The highest BCUT2D eigenvalue weighted by molar-refractivity contribution is 9.10. The van der Waals surface area contributed by atoms with Gasteiger partial charge in [0.05, 0.1) is 12.6 Å². The Morgan fingerprint density at radius 2 is 1.91 bits per heavy atom. The van der Waals surface area contributed by atoms with Crippen LogP contribution < -0.4 is 15.6 Å². The molecule has 4 aromatic rings. The highest BCUT2D eigenvalue weighted by Gasteiger charge is 2.19. The first-order chi connectivity index (χ1) is 15.2. The molecular formula is C24H23BrN2O4S. The summed E-state index contributed by atoms with van der Waals surface area (Å²) < 4.78 is 12.4. The zero-order chi connectivity index (χ0) is 23.0. The summed E-state index contributed by atoms with van der Waals surface area (Å²) in [5, 5.41) is 6.50. The molecule has 0 aliphatic rings. The first-order valence-electron chi connectivity index (χ1n) is 10.0. The van der Waals surface area contributed by atoms with Gasteiger partial charge in [0.15, 0.2) is 0 Å². The third-order valence-corrected chi connectivity index (χ3v) is 6.46. The minimum Gasteiger partial charge on any atom is -0.496 e. The van der Waals surface area contributed by atoms with Crippen molar-refractivity contribution in [2.75, 3.05) is 7.11 Å². The number of hydrogen-bond donors (Lipinski definition) is 2. The highest BCUT2D eigenvalue weighted by Crippen LogP contribution is 2.43. The summed E-state index contributed by atoms with van der Waals surface area (Å²) in [6.07, 6.45) is -0.453. The Hall–Kier alpha value is -2.84. The van der Waals surface area contributed by atoms with Gasteiger partial charge in [0, 0.05) is 27.4 Å². The number of methoxy groups -OCH3 is 1. The lowest BCUT2D eigenvalue weighted by atomic mass is 9.96. The van der Waals surface area contributed by atoms with E-state index in [0.717, 1.165) is 37.5 Å². The molecule has 2 aromatic carbocycles. The van der Waals surface area contributed by atoms with Crippen LogP contribution in [0.5, 0.6) is 5.75 Å². The van der Waals surface area contributed by atoms with Gasteiger partial charge in [-0.1, -0.05) is 24.3 Å². The van der Waals surface area contributed by atoms with Crippen molar-refractivity contribution in [3.8, 4) is 16.9 Å². The molecule has 6 nitrogen and oxygen atoms in total. The number of pyridine rings is 1. The van der Waals surface area contributed by atoms with E-state index in [4.69, 9.17) is 9.47 Å². The number of thiophene rings is 1. The van der Waals surface area contributed by atoms with Crippen molar-refractivity contribution in [3.63, 3.8) is 0 Å². The normalized spacial score (nSPS) is 11.7. The maximum Gasteiger partial charge on any atom is 0.407 e. The molecule has 0 radical (unpaired) electrons. The molecule has 0 atom stereocenters. The Morgan fingerprint density at radius 1 is 1.19 bits per heavy atom. The van der Waals surface area contributed by atoms with Crippen LogP contribution in [-0.2, 0) is 11.3 Å². The van der Waals surface area contributed by atoms with Gasteiger partial charge in [-0.3, -0.25) is 4.79 Å². The predicted octanol–water partition coefficient (Wildman–Crippen LogP) is 6.21. The first kappa shape index (κ1) is 22.4. The summed E-state index contributed by atoms with van der Waals surface area (Å²) in [6.45, 7) is 5.84. The second-order valence-corrected chi connectivity index (χ2v) is 10.1. The summed E-state index contributed by atoms with van der Waals surface area (Å²) >= 11 is 4.99. The monoisotopic (exact) mass is 514 g/mol. The van der Waals surface area contributed by atoms with Crippen molar-refractivity contribution in [1.82, 2.24) is 10.3 Å².